The number of hydrogen-bond acceptors (Lipinski definition) is 6. The first-order valence-corrected chi connectivity index (χ1v) is 12.6. The molecule has 7 nitrogen and oxygen atoms in total. The van der Waals surface area contributed by atoms with Gasteiger partial charge in [-0.1, -0.05) is 41.9 Å². The van der Waals surface area contributed by atoms with Crippen molar-refractivity contribution in [3.8, 4) is 22.4 Å². The zero-order valence-electron chi connectivity index (χ0n) is 19.9. The van der Waals surface area contributed by atoms with E-state index in [0.717, 1.165) is 0 Å². The average Bonchev–Trinajstić information content (AvgIpc) is 3.38. The van der Waals surface area contributed by atoms with Crippen molar-refractivity contribution in [2.24, 2.45) is 7.05 Å². The van der Waals surface area contributed by atoms with Crippen molar-refractivity contribution in [2.45, 2.75) is 0 Å². The largest absolute Gasteiger partial charge is 0.451 e. The van der Waals surface area contributed by atoms with Crippen molar-refractivity contribution in [1.29, 1.82) is 0 Å². The first-order chi connectivity index (χ1) is 18.3. The number of halogens is 2. The smallest absolute Gasteiger partial charge is 0.356 e. The third-order valence-electron chi connectivity index (χ3n) is 5.85. The zero-order valence-corrected chi connectivity index (χ0v) is 21.5. The van der Waals surface area contributed by atoms with E-state index in [1.165, 1.54) is 35.1 Å². The third kappa shape index (κ3) is 5.06. The molecule has 0 unspecified atom stereocenters. The number of thiazole rings is 1. The Labute approximate surface area is 225 Å². The molecule has 0 fully saturated rings. The van der Waals surface area contributed by atoms with Crippen LogP contribution < -0.4 is 10.9 Å². The highest BCUT2D eigenvalue weighted by Gasteiger charge is 2.24. The first kappa shape index (κ1) is 25.3. The van der Waals surface area contributed by atoms with Crippen LogP contribution in [-0.4, -0.2) is 28.0 Å². The van der Waals surface area contributed by atoms with Gasteiger partial charge in [-0.3, -0.25) is 14.9 Å². The predicted molar refractivity (Wildman–Crippen MR) is 146 cm³/mol. The van der Waals surface area contributed by atoms with Gasteiger partial charge in [0.05, 0.1) is 5.69 Å². The summed E-state index contributed by atoms with van der Waals surface area (Å²) >= 11 is 7.24. The summed E-state index contributed by atoms with van der Waals surface area (Å²) in [7, 11) is 1.48. The van der Waals surface area contributed by atoms with Crippen LogP contribution in [0.2, 0.25) is 5.02 Å². The Bertz CT molecular complexity index is 1730. The molecule has 2 heterocycles. The zero-order chi connectivity index (χ0) is 26.8. The summed E-state index contributed by atoms with van der Waals surface area (Å²) in [5.41, 5.74) is 2.06. The number of amides is 1. The van der Waals surface area contributed by atoms with Crippen LogP contribution in [0.3, 0.4) is 0 Å². The topological polar surface area (TPSA) is 90.3 Å². The Morgan fingerprint density at radius 2 is 1.66 bits per heavy atom. The van der Waals surface area contributed by atoms with Gasteiger partial charge in [-0.2, -0.15) is 0 Å². The van der Waals surface area contributed by atoms with E-state index in [1.54, 1.807) is 66.0 Å². The quantitative estimate of drug-likeness (QED) is 0.267. The van der Waals surface area contributed by atoms with E-state index < -0.39 is 18.5 Å². The summed E-state index contributed by atoms with van der Waals surface area (Å²) in [6.07, 6.45) is 0. The van der Waals surface area contributed by atoms with Gasteiger partial charge in [0.25, 0.3) is 11.5 Å². The maximum atomic E-state index is 13.3. The van der Waals surface area contributed by atoms with Crippen LogP contribution in [0, 0.1) is 5.82 Å². The van der Waals surface area contributed by atoms with Gasteiger partial charge < -0.3 is 9.30 Å². The molecule has 5 aromatic rings. The minimum Gasteiger partial charge on any atom is -0.451 e. The summed E-state index contributed by atoms with van der Waals surface area (Å²) in [6.45, 7) is -0.592. The summed E-state index contributed by atoms with van der Waals surface area (Å²) in [5, 5.41) is 6.15. The molecule has 5 rings (SSSR count). The van der Waals surface area contributed by atoms with Crippen LogP contribution in [0.15, 0.2) is 83.0 Å². The van der Waals surface area contributed by atoms with Crippen LogP contribution in [0.5, 0.6) is 0 Å². The normalized spacial score (nSPS) is 10.9. The number of nitrogens with one attached hydrogen (secondary N) is 1. The molecule has 0 aliphatic rings. The number of carbonyl (C=O) groups is 2. The molecule has 0 aliphatic carbocycles. The van der Waals surface area contributed by atoms with Gasteiger partial charge in [-0.05, 0) is 53.4 Å². The Morgan fingerprint density at radius 1 is 1.00 bits per heavy atom. The molecule has 3 aromatic carbocycles. The monoisotopic (exact) mass is 547 g/mol. The summed E-state index contributed by atoms with van der Waals surface area (Å²) in [6, 6.07) is 19.7. The fourth-order valence-corrected chi connectivity index (χ4v) is 4.91. The second-order valence-electron chi connectivity index (χ2n) is 8.31. The molecule has 0 aliphatic heterocycles. The number of fused-ring (bicyclic) bond motifs is 1. The average molecular weight is 548 g/mol. The number of hydrogen-bond donors (Lipinski definition) is 1. The second kappa shape index (κ2) is 10.6. The molecule has 1 N–H and O–H groups in total. The molecule has 10 heteroatoms. The molecule has 1 amide bonds. The molecule has 0 spiro atoms. The van der Waals surface area contributed by atoms with Crippen molar-refractivity contribution < 1.29 is 18.7 Å². The highest BCUT2D eigenvalue weighted by atomic mass is 35.5. The van der Waals surface area contributed by atoms with Crippen LogP contribution >= 0.6 is 22.9 Å². The van der Waals surface area contributed by atoms with Gasteiger partial charge in [-0.15, -0.1) is 11.3 Å². The summed E-state index contributed by atoms with van der Waals surface area (Å²) in [5.74, 6) is -1.79. The molecule has 0 saturated heterocycles. The van der Waals surface area contributed by atoms with E-state index in [4.69, 9.17) is 16.3 Å². The SMILES string of the molecule is Cn1c(C(=O)OCC(=O)Nc2nc(-c3ccc(F)cc3)cs2)c(-c2ccc(Cl)cc2)c2ccccc2c1=O. The standard InChI is InChI=1S/C28H19ClFN3O4S/c1-33-25(24(17-6-10-18(29)11-7-17)20-4-2-3-5-21(20)26(33)35)27(36)37-14-23(34)32-28-31-22(15-38-28)16-8-12-19(30)13-9-16/h2-13,15H,14H2,1H3,(H,31,32,34). The lowest BCUT2D eigenvalue weighted by Crippen LogP contribution is -2.28. The minimum atomic E-state index is -0.832. The lowest BCUT2D eigenvalue weighted by Gasteiger charge is -2.16. The molecule has 38 heavy (non-hydrogen) atoms. The Morgan fingerprint density at radius 3 is 2.37 bits per heavy atom. The highest BCUT2D eigenvalue weighted by Crippen LogP contribution is 2.32. The van der Waals surface area contributed by atoms with Gasteiger partial charge in [0.1, 0.15) is 11.5 Å². The van der Waals surface area contributed by atoms with Crippen LogP contribution in [0.1, 0.15) is 10.5 Å². The number of aromatic nitrogens is 2. The predicted octanol–water partition coefficient (Wildman–Crippen LogP) is 5.92. The Hall–Kier alpha value is -4.34. The number of benzene rings is 3. The van der Waals surface area contributed by atoms with E-state index in [1.807, 2.05) is 0 Å². The molecule has 0 atom stereocenters. The Kier molecular flexibility index (Phi) is 7.04. The van der Waals surface area contributed by atoms with E-state index in [9.17, 15) is 18.8 Å². The lowest BCUT2D eigenvalue weighted by molar-refractivity contribution is -0.119. The van der Waals surface area contributed by atoms with Crippen molar-refractivity contribution in [3.05, 3.63) is 105 Å². The van der Waals surface area contributed by atoms with Crippen molar-refractivity contribution in [2.75, 3.05) is 11.9 Å². The number of carbonyl (C=O) groups excluding carboxylic acids is 2. The molecule has 2 aromatic heterocycles. The molecule has 0 radical (unpaired) electrons. The van der Waals surface area contributed by atoms with Gasteiger partial charge >= 0.3 is 5.97 Å². The van der Waals surface area contributed by atoms with Crippen molar-refractivity contribution in [1.82, 2.24) is 9.55 Å². The van der Waals surface area contributed by atoms with Crippen LogP contribution in [0.25, 0.3) is 33.2 Å². The van der Waals surface area contributed by atoms with Crippen molar-refractivity contribution >= 4 is 50.7 Å². The van der Waals surface area contributed by atoms with Gasteiger partial charge in [0.2, 0.25) is 0 Å². The van der Waals surface area contributed by atoms with Crippen molar-refractivity contribution in [3.63, 3.8) is 0 Å². The van der Waals surface area contributed by atoms with Crippen LogP contribution in [-0.2, 0) is 16.6 Å². The van der Waals surface area contributed by atoms with E-state index in [2.05, 4.69) is 10.3 Å². The van der Waals surface area contributed by atoms with E-state index in [-0.39, 0.29) is 17.1 Å². The summed E-state index contributed by atoms with van der Waals surface area (Å²) in [4.78, 5) is 43.2. The minimum absolute atomic E-state index is 0.0108. The third-order valence-corrected chi connectivity index (χ3v) is 6.86. The highest BCUT2D eigenvalue weighted by molar-refractivity contribution is 7.14. The lowest BCUT2D eigenvalue weighted by atomic mass is 9.97. The van der Waals surface area contributed by atoms with E-state index in [0.29, 0.717) is 43.3 Å². The molecular formula is C28H19ClFN3O4S. The van der Waals surface area contributed by atoms with Gasteiger partial charge in [-0.25, -0.2) is 14.2 Å². The van der Waals surface area contributed by atoms with Gasteiger partial charge in [0, 0.05) is 34.0 Å². The maximum Gasteiger partial charge on any atom is 0.356 e. The molecule has 190 valence electrons. The molecule has 0 saturated carbocycles. The number of pyridine rings is 1. The maximum absolute atomic E-state index is 13.3. The summed E-state index contributed by atoms with van der Waals surface area (Å²) < 4.78 is 19.7. The second-order valence-corrected chi connectivity index (χ2v) is 9.60. The number of rotatable bonds is 6. The van der Waals surface area contributed by atoms with E-state index >= 15 is 0 Å². The van der Waals surface area contributed by atoms with Gasteiger partial charge in [0.15, 0.2) is 11.7 Å². The number of esters is 1. The number of nitrogens with zero attached hydrogens (tertiary/aromatic N) is 2. The Balaban J connectivity index is 1.39. The fraction of sp³-hybridized carbons (Fsp3) is 0.0714. The molecular weight excluding hydrogens is 529 g/mol. The number of ether oxygens (including phenoxy) is 1. The number of anilines is 1. The van der Waals surface area contributed by atoms with Crippen LogP contribution in [0.4, 0.5) is 9.52 Å². The first-order valence-electron chi connectivity index (χ1n) is 11.4. The molecule has 0 bridgehead atoms. The fourth-order valence-electron chi connectivity index (χ4n) is 4.05.